The van der Waals surface area contributed by atoms with Crippen molar-refractivity contribution in [2.24, 2.45) is 11.8 Å². The van der Waals surface area contributed by atoms with E-state index in [0.717, 1.165) is 23.7 Å². The van der Waals surface area contributed by atoms with Gasteiger partial charge in [0.1, 0.15) is 0 Å². The molecule has 39 heavy (non-hydrogen) atoms. The smallest absolute Gasteiger partial charge is 0.0640 e. The lowest BCUT2D eigenvalue weighted by molar-refractivity contribution is 0.420. The van der Waals surface area contributed by atoms with Crippen molar-refractivity contribution < 1.29 is 0 Å². The standard InChI is InChI=1S/C37H37NS/c1-2-7-26(8-3-1)27-15-19-30(20-16-27)38(31-21-17-28(18-22-31)34-24-25-13-14-29(34)23-25)35-11-6-10-33-32-9-4-5-12-36(32)39-37(33)35/h4-6,9-12,15-22,25-26,29,34H,1-3,7-8,13-14,23-24H2. The van der Waals surface area contributed by atoms with Crippen LogP contribution in [0.25, 0.3) is 20.2 Å². The van der Waals surface area contributed by atoms with Crippen LogP contribution in [0.15, 0.2) is 91.0 Å². The summed E-state index contributed by atoms with van der Waals surface area (Å²) in [5.41, 5.74) is 6.87. The molecule has 0 saturated heterocycles. The highest BCUT2D eigenvalue weighted by molar-refractivity contribution is 7.26. The zero-order valence-electron chi connectivity index (χ0n) is 22.7. The summed E-state index contributed by atoms with van der Waals surface area (Å²) < 4.78 is 2.73. The quantitative estimate of drug-likeness (QED) is 0.220. The maximum Gasteiger partial charge on any atom is 0.0640 e. The van der Waals surface area contributed by atoms with E-state index in [2.05, 4.69) is 95.9 Å². The van der Waals surface area contributed by atoms with E-state index < -0.39 is 0 Å². The summed E-state index contributed by atoms with van der Waals surface area (Å²) in [6, 6.07) is 34.9. The second-order valence-corrected chi connectivity index (χ2v) is 13.4. The molecule has 3 aliphatic rings. The van der Waals surface area contributed by atoms with Gasteiger partial charge in [0.2, 0.25) is 0 Å². The van der Waals surface area contributed by atoms with E-state index >= 15 is 0 Å². The highest BCUT2D eigenvalue weighted by atomic mass is 32.1. The lowest BCUT2D eigenvalue weighted by Crippen LogP contribution is -2.12. The minimum Gasteiger partial charge on any atom is -0.309 e. The first-order chi connectivity index (χ1) is 19.3. The molecule has 3 unspecified atom stereocenters. The molecule has 0 aliphatic heterocycles. The number of hydrogen-bond donors (Lipinski definition) is 0. The van der Waals surface area contributed by atoms with E-state index in [1.54, 1.807) is 5.56 Å². The number of rotatable bonds is 5. The van der Waals surface area contributed by atoms with Gasteiger partial charge in [-0.1, -0.05) is 80.3 Å². The molecule has 0 radical (unpaired) electrons. The van der Waals surface area contributed by atoms with Gasteiger partial charge >= 0.3 is 0 Å². The molecule has 3 saturated carbocycles. The van der Waals surface area contributed by atoms with E-state index in [9.17, 15) is 0 Å². The molecular weight excluding hydrogens is 490 g/mol. The molecule has 2 bridgehead atoms. The lowest BCUT2D eigenvalue weighted by atomic mass is 9.83. The van der Waals surface area contributed by atoms with Crippen LogP contribution in [0.3, 0.4) is 0 Å². The van der Waals surface area contributed by atoms with Crippen molar-refractivity contribution in [3.8, 4) is 0 Å². The Labute approximate surface area is 236 Å². The third-order valence-electron chi connectivity index (χ3n) is 10.2. The summed E-state index contributed by atoms with van der Waals surface area (Å²) in [6.07, 6.45) is 12.6. The Bertz CT molecular complexity index is 1610. The molecule has 3 fully saturated rings. The van der Waals surface area contributed by atoms with Gasteiger partial charge in [0, 0.05) is 26.8 Å². The fourth-order valence-corrected chi connectivity index (χ4v) is 9.40. The van der Waals surface area contributed by atoms with Crippen LogP contribution >= 0.6 is 11.3 Å². The Kier molecular flexibility index (Phi) is 5.98. The van der Waals surface area contributed by atoms with Crippen LogP contribution in [0.4, 0.5) is 17.1 Å². The minimum absolute atomic E-state index is 0.730. The molecule has 3 aliphatic carbocycles. The summed E-state index contributed by atoms with van der Waals surface area (Å²) in [4.78, 5) is 2.51. The van der Waals surface area contributed by atoms with Gasteiger partial charge in [0.25, 0.3) is 0 Å². The molecule has 1 heterocycles. The number of anilines is 3. The van der Waals surface area contributed by atoms with Crippen LogP contribution in [0.2, 0.25) is 0 Å². The first-order valence-electron chi connectivity index (χ1n) is 15.2. The van der Waals surface area contributed by atoms with Gasteiger partial charge < -0.3 is 4.90 Å². The number of benzene rings is 4. The van der Waals surface area contributed by atoms with Crippen LogP contribution < -0.4 is 4.90 Å². The van der Waals surface area contributed by atoms with Crippen molar-refractivity contribution in [3.05, 3.63) is 102 Å². The van der Waals surface area contributed by atoms with Crippen molar-refractivity contribution in [3.63, 3.8) is 0 Å². The Balaban J connectivity index is 1.22. The van der Waals surface area contributed by atoms with Gasteiger partial charge in [-0.15, -0.1) is 11.3 Å². The molecule has 196 valence electrons. The summed E-state index contributed by atoms with van der Waals surface area (Å²) in [5, 5.41) is 2.72. The minimum atomic E-state index is 0.730. The topological polar surface area (TPSA) is 3.24 Å². The average Bonchev–Trinajstić information content (AvgIpc) is 3.74. The van der Waals surface area contributed by atoms with Crippen molar-refractivity contribution in [2.45, 2.75) is 69.6 Å². The molecule has 2 heteroatoms. The molecular formula is C37H37NS. The second-order valence-electron chi connectivity index (χ2n) is 12.4. The van der Waals surface area contributed by atoms with E-state index in [1.807, 2.05) is 11.3 Å². The zero-order valence-corrected chi connectivity index (χ0v) is 23.5. The van der Waals surface area contributed by atoms with Gasteiger partial charge in [-0.05, 0) is 103 Å². The highest BCUT2D eigenvalue weighted by Gasteiger charge is 2.40. The summed E-state index contributed by atoms with van der Waals surface area (Å²) in [6.45, 7) is 0. The molecule has 0 N–H and O–H groups in total. The molecule has 0 spiro atoms. The van der Waals surface area contributed by atoms with Crippen LogP contribution in [-0.2, 0) is 0 Å². The predicted octanol–water partition coefficient (Wildman–Crippen LogP) is 11.5. The van der Waals surface area contributed by atoms with E-state index in [0.29, 0.717) is 0 Å². The van der Waals surface area contributed by atoms with Crippen LogP contribution in [0.1, 0.15) is 80.8 Å². The maximum atomic E-state index is 2.51. The third kappa shape index (κ3) is 4.19. The maximum absolute atomic E-state index is 2.51. The van der Waals surface area contributed by atoms with Crippen molar-refractivity contribution in [2.75, 3.05) is 4.90 Å². The number of thiophene rings is 1. The summed E-state index contributed by atoms with van der Waals surface area (Å²) in [7, 11) is 0. The Morgan fingerprint density at radius 2 is 1.31 bits per heavy atom. The van der Waals surface area contributed by atoms with Gasteiger partial charge in [0.15, 0.2) is 0 Å². The van der Waals surface area contributed by atoms with Crippen LogP contribution in [0.5, 0.6) is 0 Å². The summed E-state index contributed by atoms with van der Waals surface area (Å²) >= 11 is 1.92. The number of fused-ring (bicyclic) bond motifs is 5. The first-order valence-corrected chi connectivity index (χ1v) is 16.0. The van der Waals surface area contributed by atoms with Crippen molar-refractivity contribution in [1.29, 1.82) is 0 Å². The van der Waals surface area contributed by atoms with Crippen LogP contribution in [-0.4, -0.2) is 0 Å². The van der Waals surface area contributed by atoms with Gasteiger partial charge in [-0.2, -0.15) is 0 Å². The SMILES string of the molecule is c1ccc2c(c1)sc1c(N(c3ccc(C4CCCCC4)cc3)c3ccc(C4CC5CCC4C5)cc3)cccc12. The average molecular weight is 528 g/mol. The molecule has 1 nitrogen and oxygen atoms in total. The van der Waals surface area contributed by atoms with Crippen LogP contribution in [0, 0.1) is 11.8 Å². The molecule has 3 atom stereocenters. The molecule has 8 rings (SSSR count). The fraction of sp³-hybridized carbons (Fsp3) is 0.351. The van der Waals surface area contributed by atoms with E-state index in [4.69, 9.17) is 0 Å². The fourth-order valence-electron chi connectivity index (χ4n) is 8.19. The predicted molar refractivity (Wildman–Crippen MR) is 168 cm³/mol. The number of nitrogens with zero attached hydrogens (tertiary/aromatic N) is 1. The highest BCUT2D eigenvalue weighted by Crippen LogP contribution is 2.53. The second kappa shape index (κ2) is 9.82. The number of hydrogen-bond acceptors (Lipinski definition) is 2. The van der Waals surface area contributed by atoms with Crippen molar-refractivity contribution >= 4 is 48.6 Å². The third-order valence-corrected chi connectivity index (χ3v) is 11.4. The van der Waals surface area contributed by atoms with E-state index in [1.165, 1.54) is 101 Å². The molecule has 5 aromatic rings. The van der Waals surface area contributed by atoms with Gasteiger partial charge in [-0.3, -0.25) is 0 Å². The first kappa shape index (κ1) is 23.8. The normalized spacial score (nSPS) is 23.1. The molecule has 0 amide bonds. The molecule has 4 aromatic carbocycles. The van der Waals surface area contributed by atoms with Gasteiger partial charge in [0.05, 0.1) is 10.4 Å². The lowest BCUT2D eigenvalue weighted by Gasteiger charge is -2.28. The Hall–Kier alpha value is -3.10. The zero-order chi connectivity index (χ0) is 25.8. The largest absolute Gasteiger partial charge is 0.309 e. The van der Waals surface area contributed by atoms with Crippen molar-refractivity contribution in [1.82, 2.24) is 0 Å². The Morgan fingerprint density at radius 3 is 2.03 bits per heavy atom. The Morgan fingerprint density at radius 1 is 0.590 bits per heavy atom. The monoisotopic (exact) mass is 527 g/mol. The van der Waals surface area contributed by atoms with Gasteiger partial charge in [-0.25, -0.2) is 0 Å². The molecule has 1 aromatic heterocycles. The summed E-state index contributed by atoms with van der Waals surface area (Å²) in [5.74, 6) is 3.39. The van der Waals surface area contributed by atoms with E-state index in [-0.39, 0.29) is 0 Å².